The van der Waals surface area contributed by atoms with Gasteiger partial charge in [-0.25, -0.2) is 0 Å². The van der Waals surface area contributed by atoms with Gasteiger partial charge in [-0.2, -0.15) is 0 Å². The van der Waals surface area contributed by atoms with Crippen molar-refractivity contribution in [3.63, 3.8) is 0 Å². The molecule has 0 bridgehead atoms. The van der Waals surface area contributed by atoms with Gasteiger partial charge in [0.25, 0.3) is 0 Å². The van der Waals surface area contributed by atoms with E-state index in [0.29, 0.717) is 22.9 Å². The highest BCUT2D eigenvalue weighted by molar-refractivity contribution is 5.80. The monoisotopic (exact) mass is 300 g/mol. The van der Waals surface area contributed by atoms with E-state index in [2.05, 4.69) is 0 Å². The van der Waals surface area contributed by atoms with Crippen molar-refractivity contribution in [2.45, 2.75) is 12.8 Å². The summed E-state index contributed by atoms with van der Waals surface area (Å²) in [5, 5.41) is 0. The normalized spacial score (nSPS) is 10.0. The molecule has 2 aromatic carbocycles. The van der Waals surface area contributed by atoms with Gasteiger partial charge in [-0.1, -0.05) is 0 Å². The largest absolute Gasteiger partial charge is 0.427 e. The predicted molar refractivity (Wildman–Crippen MR) is 82.2 cm³/mol. The summed E-state index contributed by atoms with van der Waals surface area (Å²) in [5.41, 5.74) is 12.2. The van der Waals surface area contributed by atoms with Gasteiger partial charge in [0.2, 0.25) is 0 Å². The van der Waals surface area contributed by atoms with Crippen molar-refractivity contribution in [1.29, 1.82) is 0 Å². The molecular formula is C16H16N2O4. The third-order valence-electron chi connectivity index (χ3n) is 2.76. The van der Waals surface area contributed by atoms with Crippen LogP contribution in [-0.4, -0.2) is 11.9 Å². The number of hydrogen-bond acceptors (Lipinski definition) is 6. The molecule has 0 aromatic heterocycles. The number of esters is 2. The van der Waals surface area contributed by atoms with Crippen molar-refractivity contribution >= 4 is 23.3 Å². The summed E-state index contributed by atoms with van der Waals surface area (Å²) in [5.74, 6) is -0.268. The molecule has 0 unspecified atom stereocenters. The Labute approximate surface area is 127 Å². The first kappa shape index (κ1) is 15.4. The molecule has 0 spiro atoms. The number of ether oxygens (including phenoxy) is 2. The summed E-state index contributed by atoms with van der Waals surface area (Å²) < 4.78 is 10.1. The molecular weight excluding hydrogens is 284 g/mol. The zero-order valence-electron chi connectivity index (χ0n) is 11.8. The Balaban J connectivity index is 1.76. The average molecular weight is 300 g/mol. The molecule has 0 heterocycles. The molecule has 0 saturated carbocycles. The van der Waals surface area contributed by atoms with Crippen molar-refractivity contribution in [2.75, 3.05) is 11.5 Å². The van der Waals surface area contributed by atoms with E-state index in [9.17, 15) is 9.59 Å². The van der Waals surface area contributed by atoms with Gasteiger partial charge in [0.1, 0.15) is 11.5 Å². The Morgan fingerprint density at radius 1 is 0.682 bits per heavy atom. The number of benzene rings is 2. The molecule has 114 valence electrons. The van der Waals surface area contributed by atoms with E-state index in [1.54, 1.807) is 48.5 Å². The Morgan fingerprint density at radius 3 is 1.32 bits per heavy atom. The molecule has 2 rings (SSSR count). The second-order valence-corrected chi connectivity index (χ2v) is 4.59. The lowest BCUT2D eigenvalue weighted by molar-refractivity contribution is -0.140. The van der Waals surface area contributed by atoms with Crippen LogP contribution in [0.25, 0.3) is 0 Å². The summed E-state index contributed by atoms with van der Waals surface area (Å²) in [4.78, 5) is 23.2. The lowest BCUT2D eigenvalue weighted by Gasteiger charge is -2.06. The van der Waals surface area contributed by atoms with E-state index in [0.717, 1.165) is 0 Å². The van der Waals surface area contributed by atoms with Crippen LogP contribution in [0.4, 0.5) is 11.4 Å². The van der Waals surface area contributed by atoms with Gasteiger partial charge in [-0.05, 0) is 48.5 Å². The summed E-state index contributed by atoms with van der Waals surface area (Å²) in [6.45, 7) is 0. The number of nitrogens with two attached hydrogens (primary N) is 2. The molecule has 0 fully saturated rings. The third-order valence-corrected chi connectivity index (χ3v) is 2.76. The van der Waals surface area contributed by atoms with Crippen molar-refractivity contribution in [3.8, 4) is 11.5 Å². The Bertz CT molecular complexity index is 591. The average Bonchev–Trinajstić information content (AvgIpc) is 2.50. The van der Waals surface area contributed by atoms with Crippen LogP contribution in [0.2, 0.25) is 0 Å². The predicted octanol–water partition coefficient (Wildman–Crippen LogP) is 2.14. The number of rotatable bonds is 5. The molecule has 6 heteroatoms. The summed E-state index contributed by atoms with van der Waals surface area (Å²) >= 11 is 0. The van der Waals surface area contributed by atoms with Gasteiger partial charge in [-0.3, -0.25) is 9.59 Å². The molecule has 0 atom stereocenters. The lowest BCUT2D eigenvalue weighted by atomic mass is 10.3. The van der Waals surface area contributed by atoms with Crippen LogP contribution in [0, 0.1) is 0 Å². The maximum absolute atomic E-state index is 11.6. The SMILES string of the molecule is Nc1ccc(OC(=O)CCC(=O)Oc2ccc(N)cc2)cc1. The number of nitrogen functional groups attached to an aromatic ring is 2. The van der Waals surface area contributed by atoms with Crippen molar-refractivity contribution < 1.29 is 19.1 Å². The number of carbonyl (C=O) groups is 2. The quantitative estimate of drug-likeness (QED) is 0.498. The number of hydrogen-bond donors (Lipinski definition) is 2. The first-order valence-corrected chi connectivity index (χ1v) is 6.65. The van der Waals surface area contributed by atoms with Crippen molar-refractivity contribution in [1.82, 2.24) is 0 Å². The Kier molecular flexibility index (Phi) is 4.98. The highest BCUT2D eigenvalue weighted by atomic mass is 16.5. The van der Waals surface area contributed by atoms with Crippen molar-refractivity contribution in [3.05, 3.63) is 48.5 Å². The van der Waals surface area contributed by atoms with E-state index in [1.165, 1.54) is 0 Å². The standard InChI is InChI=1S/C16H16N2O4/c17-11-1-5-13(6-2-11)21-15(19)9-10-16(20)22-14-7-3-12(18)4-8-14/h1-8H,9-10,17-18H2. The minimum Gasteiger partial charge on any atom is -0.427 e. The highest BCUT2D eigenvalue weighted by Crippen LogP contribution is 2.15. The second kappa shape index (κ2) is 7.12. The Hall–Kier alpha value is -3.02. The molecule has 0 aliphatic carbocycles. The topological polar surface area (TPSA) is 105 Å². The van der Waals surface area contributed by atoms with Gasteiger partial charge >= 0.3 is 11.9 Å². The fraction of sp³-hybridized carbons (Fsp3) is 0.125. The van der Waals surface area contributed by atoms with Crippen LogP contribution in [0.1, 0.15) is 12.8 Å². The van der Waals surface area contributed by atoms with Gasteiger partial charge in [0.15, 0.2) is 0 Å². The van der Waals surface area contributed by atoms with Crippen LogP contribution < -0.4 is 20.9 Å². The Morgan fingerprint density at radius 2 is 1.00 bits per heavy atom. The highest BCUT2D eigenvalue weighted by Gasteiger charge is 2.11. The second-order valence-electron chi connectivity index (χ2n) is 4.59. The van der Waals surface area contributed by atoms with Gasteiger partial charge < -0.3 is 20.9 Å². The van der Waals surface area contributed by atoms with Crippen LogP contribution in [-0.2, 0) is 9.59 Å². The fourth-order valence-electron chi connectivity index (χ4n) is 1.64. The first-order valence-electron chi connectivity index (χ1n) is 6.65. The van der Waals surface area contributed by atoms with Gasteiger partial charge in [-0.15, -0.1) is 0 Å². The molecule has 22 heavy (non-hydrogen) atoms. The molecule has 6 nitrogen and oxygen atoms in total. The molecule has 0 aliphatic rings. The smallest absolute Gasteiger partial charge is 0.311 e. The molecule has 0 amide bonds. The van der Waals surface area contributed by atoms with Gasteiger partial charge in [0.05, 0.1) is 12.8 Å². The number of anilines is 2. The van der Waals surface area contributed by atoms with E-state index >= 15 is 0 Å². The maximum atomic E-state index is 11.6. The minimum atomic E-state index is -0.515. The molecule has 0 aliphatic heterocycles. The van der Waals surface area contributed by atoms with Gasteiger partial charge in [0, 0.05) is 11.4 Å². The van der Waals surface area contributed by atoms with Crippen molar-refractivity contribution in [2.24, 2.45) is 0 Å². The summed E-state index contributed by atoms with van der Waals surface area (Å²) in [7, 11) is 0. The summed E-state index contributed by atoms with van der Waals surface area (Å²) in [6.07, 6.45) is -0.142. The van der Waals surface area contributed by atoms with E-state index in [1.807, 2.05) is 0 Å². The molecule has 0 radical (unpaired) electrons. The van der Waals surface area contributed by atoms with Crippen LogP contribution in [0.15, 0.2) is 48.5 Å². The van der Waals surface area contributed by atoms with Crippen LogP contribution >= 0.6 is 0 Å². The molecule has 4 N–H and O–H groups in total. The zero-order valence-corrected chi connectivity index (χ0v) is 11.8. The lowest BCUT2D eigenvalue weighted by Crippen LogP contribution is -2.14. The fourth-order valence-corrected chi connectivity index (χ4v) is 1.64. The maximum Gasteiger partial charge on any atom is 0.311 e. The van der Waals surface area contributed by atoms with E-state index < -0.39 is 11.9 Å². The van der Waals surface area contributed by atoms with E-state index in [-0.39, 0.29) is 12.8 Å². The first-order chi connectivity index (χ1) is 10.5. The minimum absolute atomic E-state index is 0.0712. The number of carbonyl (C=O) groups excluding carboxylic acids is 2. The third kappa shape index (κ3) is 4.82. The zero-order chi connectivity index (χ0) is 15.9. The molecule has 2 aromatic rings. The van der Waals surface area contributed by atoms with Crippen LogP contribution in [0.3, 0.4) is 0 Å². The molecule has 0 saturated heterocycles. The summed E-state index contributed by atoms with van der Waals surface area (Å²) in [6, 6.07) is 12.8. The van der Waals surface area contributed by atoms with E-state index in [4.69, 9.17) is 20.9 Å². The van der Waals surface area contributed by atoms with Crippen LogP contribution in [0.5, 0.6) is 11.5 Å².